The first kappa shape index (κ1) is 25.4. The molecule has 6 nitrogen and oxygen atoms in total. The van der Waals surface area contributed by atoms with E-state index >= 15 is 0 Å². The van der Waals surface area contributed by atoms with Gasteiger partial charge in [0, 0.05) is 16.3 Å². The van der Waals surface area contributed by atoms with Gasteiger partial charge in [-0.05, 0) is 50.1 Å². The lowest BCUT2D eigenvalue weighted by atomic mass is 10.2. The molecule has 0 radical (unpaired) electrons. The van der Waals surface area contributed by atoms with E-state index in [2.05, 4.69) is 36.6 Å². The number of methoxy groups -OCH3 is 2. The first-order valence-electron chi connectivity index (χ1n) is 9.62. The molecule has 1 aromatic carbocycles. The van der Waals surface area contributed by atoms with Gasteiger partial charge in [-0.1, -0.05) is 6.92 Å². The topological polar surface area (TPSA) is 64.1 Å². The Morgan fingerprint density at radius 2 is 1.66 bits per heavy atom. The van der Waals surface area contributed by atoms with Gasteiger partial charge in [0.05, 0.1) is 33.9 Å². The zero-order valence-corrected chi connectivity index (χ0v) is 21.0. The van der Waals surface area contributed by atoms with Gasteiger partial charge in [0.2, 0.25) is 5.75 Å². The van der Waals surface area contributed by atoms with E-state index in [9.17, 15) is 0 Å². The molecule has 2 rings (SSSR count). The molecule has 8 heteroatoms. The summed E-state index contributed by atoms with van der Waals surface area (Å²) in [5.41, 5.74) is 0.985. The van der Waals surface area contributed by atoms with Gasteiger partial charge in [-0.2, -0.15) is 0 Å². The van der Waals surface area contributed by atoms with Gasteiger partial charge >= 0.3 is 0 Å². The number of aryl methyl sites for hydroxylation is 1. The second-order valence-electron chi connectivity index (χ2n) is 6.03. The Morgan fingerprint density at radius 3 is 2.17 bits per heavy atom. The molecule has 29 heavy (non-hydrogen) atoms. The number of benzene rings is 1. The molecule has 0 saturated carbocycles. The average molecular weight is 533 g/mol. The van der Waals surface area contributed by atoms with Crippen LogP contribution in [0.3, 0.4) is 0 Å². The zero-order valence-electron chi connectivity index (χ0n) is 17.8. The number of nitrogens with one attached hydrogen (secondary N) is 2. The molecule has 0 bridgehead atoms. The molecular weight excluding hydrogens is 501 g/mol. The summed E-state index contributed by atoms with van der Waals surface area (Å²) in [6.07, 6.45) is 1.07. The van der Waals surface area contributed by atoms with E-state index in [1.165, 1.54) is 9.75 Å². The maximum Gasteiger partial charge on any atom is 0.203 e. The number of rotatable bonds is 10. The molecule has 0 saturated heterocycles. The van der Waals surface area contributed by atoms with Crippen LogP contribution in [0.25, 0.3) is 0 Å². The van der Waals surface area contributed by atoms with Crippen molar-refractivity contribution in [1.29, 1.82) is 0 Å². The molecule has 0 fully saturated rings. The molecule has 0 atom stereocenters. The Kier molecular flexibility index (Phi) is 11.8. The van der Waals surface area contributed by atoms with E-state index in [0.717, 1.165) is 31.0 Å². The van der Waals surface area contributed by atoms with Crippen molar-refractivity contribution in [2.45, 2.75) is 40.3 Å². The SMILES string of the molecule is CCNC(=NCc1cc(OC)c(OCC)c(OC)c1)NCc1ccc(CC)s1.I. The highest BCUT2D eigenvalue weighted by Crippen LogP contribution is 2.38. The Balaban J connectivity index is 0.00000420. The zero-order chi connectivity index (χ0) is 20.4. The number of nitrogens with zero attached hydrogens (tertiary/aromatic N) is 1. The third-order valence-corrected chi connectivity index (χ3v) is 5.30. The maximum atomic E-state index is 5.66. The van der Waals surface area contributed by atoms with Crippen molar-refractivity contribution < 1.29 is 14.2 Å². The molecule has 0 unspecified atom stereocenters. The predicted molar refractivity (Wildman–Crippen MR) is 131 cm³/mol. The van der Waals surface area contributed by atoms with Crippen LogP contribution in [0.15, 0.2) is 29.3 Å². The Morgan fingerprint density at radius 1 is 1.00 bits per heavy atom. The fraction of sp³-hybridized carbons (Fsp3) is 0.476. The quantitative estimate of drug-likeness (QED) is 0.266. The molecule has 2 aromatic rings. The monoisotopic (exact) mass is 533 g/mol. The number of hydrogen-bond acceptors (Lipinski definition) is 5. The van der Waals surface area contributed by atoms with E-state index < -0.39 is 0 Å². The van der Waals surface area contributed by atoms with E-state index in [1.807, 2.05) is 30.4 Å². The summed E-state index contributed by atoms with van der Waals surface area (Å²) in [5.74, 6) is 2.69. The summed E-state index contributed by atoms with van der Waals surface area (Å²) >= 11 is 1.83. The Hall–Kier alpha value is -1.68. The van der Waals surface area contributed by atoms with Gasteiger partial charge in [0.1, 0.15) is 0 Å². The molecule has 162 valence electrons. The minimum Gasteiger partial charge on any atom is -0.493 e. The number of guanidine groups is 1. The second-order valence-corrected chi connectivity index (χ2v) is 7.29. The fourth-order valence-electron chi connectivity index (χ4n) is 2.70. The summed E-state index contributed by atoms with van der Waals surface area (Å²) in [7, 11) is 3.25. The highest BCUT2D eigenvalue weighted by molar-refractivity contribution is 14.0. The van der Waals surface area contributed by atoms with Crippen LogP contribution in [0.4, 0.5) is 0 Å². The number of hydrogen-bond donors (Lipinski definition) is 2. The average Bonchev–Trinajstić information content (AvgIpc) is 3.18. The molecule has 0 spiro atoms. The van der Waals surface area contributed by atoms with Crippen molar-refractivity contribution in [3.8, 4) is 17.2 Å². The van der Waals surface area contributed by atoms with Crippen molar-refractivity contribution in [1.82, 2.24) is 10.6 Å². The lowest BCUT2D eigenvalue weighted by Gasteiger charge is -2.15. The van der Waals surface area contributed by atoms with Crippen LogP contribution in [0.5, 0.6) is 17.2 Å². The highest BCUT2D eigenvalue weighted by Gasteiger charge is 2.14. The van der Waals surface area contributed by atoms with E-state index in [1.54, 1.807) is 14.2 Å². The van der Waals surface area contributed by atoms with Crippen molar-refractivity contribution in [3.05, 3.63) is 39.6 Å². The third-order valence-electron chi connectivity index (χ3n) is 4.07. The van der Waals surface area contributed by atoms with Crippen molar-refractivity contribution in [3.63, 3.8) is 0 Å². The van der Waals surface area contributed by atoms with E-state index in [0.29, 0.717) is 30.4 Å². The molecule has 2 N–H and O–H groups in total. The standard InChI is InChI=1S/C21H31N3O3S.HI/c1-6-16-9-10-17(28-16)14-24-21(22-7-2)23-13-15-11-18(25-4)20(27-8-3)19(12-15)26-5;/h9-12H,6-8,13-14H2,1-5H3,(H2,22,23,24);1H. The fourth-order valence-corrected chi connectivity index (χ4v) is 3.60. The van der Waals surface area contributed by atoms with Gasteiger partial charge in [0.15, 0.2) is 17.5 Å². The molecule has 1 aromatic heterocycles. The lowest BCUT2D eigenvalue weighted by molar-refractivity contribution is 0.288. The third kappa shape index (κ3) is 7.58. The summed E-state index contributed by atoms with van der Waals surface area (Å²) in [4.78, 5) is 7.39. The minimum absolute atomic E-state index is 0. The van der Waals surface area contributed by atoms with Crippen LogP contribution < -0.4 is 24.8 Å². The minimum atomic E-state index is 0. The molecule has 1 heterocycles. The van der Waals surface area contributed by atoms with Gasteiger partial charge in [0.25, 0.3) is 0 Å². The van der Waals surface area contributed by atoms with Gasteiger partial charge in [-0.3, -0.25) is 0 Å². The number of thiophene rings is 1. The summed E-state index contributed by atoms with van der Waals surface area (Å²) < 4.78 is 16.6. The molecule has 0 aliphatic carbocycles. The summed E-state index contributed by atoms with van der Waals surface area (Å²) in [5, 5.41) is 6.68. The van der Waals surface area contributed by atoms with Gasteiger partial charge in [-0.15, -0.1) is 35.3 Å². The van der Waals surface area contributed by atoms with Crippen LogP contribution >= 0.6 is 35.3 Å². The summed E-state index contributed by atoms with van der Waals surface area (Å²) in [6, 6.07) is 8.23. The lowest BCUT2D eigenvalue weighted by Crippen LogP contribution is -2.36. The van der Waals surface area contributed by atoms with Crippen molar-refractivity contribution in [2.75, 3.05) is 27.4 Å². The smallest absolute Gasteiger partial charge is 0.203 e. The van der Waals surface area contributed by atoms with E-state index in [-0.39, 0.29) is 24.0 Å². The number of ether oxygens (including phenoxy) is 3. The maximum absolute atomic E-state index is 5.66. The second kappa shape index (κ2) is 13.5. The predicted octanol–water partition coefficient (Wildman–Crippen LogP) is 4.60. The van der Waals surface area contributed by atoms with Crippen LogP contribution in [0.1, 0.15) is 36.1 Å². The highest BCUT2D eigenvalue weighted by atomic mass is 127. The first-order chi connectivity index (χ1) is 13.6. The van der Waals surface area contributed by atoms with Crippen molar-refractivity contribution >= 4 is 41.3 Å². The normalized spacial score (nSPS) is 10.9. The molecule has 0 aliphatic heterocycles. The van der Waals surface area contributed by atoms with Crippen LogP contribution in [0, 0.1) is 0 Å². The van der Waals surface area contributed by atoms with Crippen LogP contribution in [-0.4, -0.2) is 33.3 Å². The van der Waals surface area contributed by atoms with E-state index in [4.69, 9.17) is 19.2 Å². The number of halogens is 1. The molecule has 0 aliphatic rings. The van der Waals surface area contributed by atoms with Gasteiger partial charge < -0.3 is 24.8 Å². The van der Waals surface area contributed by atoms with Crippen LogP contribution in [-0.2, 0) is 19.5 Å². The first-order valence-corrected chi connectivity index (χ1v) is 10.4. The Labute approximate surface area is 195 Å². The number of aliphatic imine (C=N–C) groups is 1. The van der Waals surface area contributed by atoms with Crippen molar-refractivity contribution in [2.24, 2.45) is 4.99 Å². The largest absolute Gasteiger partial charge is 0.493 e. The summed E-state index contributed by atoms with van der Waals surface area (Å²) in [6.45, 7) is 8.76. The molecule has 0 amide bonds. The van der Waals surface area contributed by atoms with Gasteiger partial charge in [-0.25, -0.2) is 4.99 Å². The Bertz CT molecular complexity index is 755. The molecular formula is C21H32IN3O3S. The van der Waals surface area contributed by atoms with Crippen LogP contribution in [0.2, 0.25) is 0 Å².